The molecule has 0 N–H and O–H groups in total. The summed E-state index contributed by atoms with van der Waals surface area (Å²) in [5.74, 6) is -0.261. The van der Waals surface area contributed by atoms with Crippen molar-refractivity contribution in [3.63, 3.8) is 0 Å². The molecule has 0 atom stereocenters. The molecular formula is C21H31O3P. The highest BCUT2D eigenvalue weighted by atomic mass is 31.2. The molecule has 138 valence electrons. The summed E-state index contributed by atoms with van der Waals surface area (Å²) in [6, 6.07) is 9.98. The lowest BCUT2D eigenvalue weighted by Crippen LogP contribution is -2.26. The monoisotopic (exact) mass is 362 g/mol. The van der Waals surface area contributed by atoms with Crippen molar-refractivity contribution in [3.8, 4) is 0 Å². The molecule has 0 bridgehead atoms. The second-order valence-electron chi connectivity index (χ2n) is 7.68. The normalized spacial score (nSPS) is 20.3. The molecule has 0 aromatic heterocycles. The SMILES string of the molecule is O=C(CCc1ccccc1)OP(=O)(C1CCCCC1)C1CCCCC1. The zero-order valence-electron chi connectivity index (χ0n) is 15.2. The second kappa shape index (κ2) is 9.03. The molecular weight excluding hydrogens is 331 g/mol. The van der Waals surface area contributed by atoms with Crippen molar-refractivity contribution in [3.05, 3.63) is 35.9 Å². The van der Waals surface area contributed by atoms with Gasteiger partial charge < -0.3 is 4.52 Å². The first-order valence-electron chi connectivity index (χ1n) is 10.0. The first kappa shape index (κ1) is 18.7. The first-order chi connectivity index (χ1) is 12.2. The zero-order valence-corrected chi connectivity index (χ0v) is 16.1. The lowest BCUT2D eigenvalue weighted by Gasteiger charge is -2.36. The topological polar surface area (TPSA) is 43.4 Å². The number of benzene rings is 1. The first-order valence-corrected chi connectivity index (χ1v) is 11.8. The van der Waals surface area contributed by atoms with Crippen molar-refractivity contribution in [1.29, 1.82) is 0 Å². The Hall–Kier alpha value is -1.08. The van der Waals surface area contributed by atoms with Crippen LogP contribution in [0.4, 0.5) is 0 Å². The van der Waals surface area contributed by atoms with E-state index in [1.807, 2.05) is 30.3 Å². The van der Waals surface area contributed by atoms with Crippen LogP contribution in [0.15, 0.2) is 30.3 Å². The summed E-state index contributed by atoms with van der Waals surface area (Å²) in [4.78, 5) is 12.5. The van der Waals surface area contributed by atoms with Crippen LogP contribution in [0.25, 0.3) is 0 Å². The molecule has 2 aliphatic carbocycles. The summed E-state index contributed by atoms with van der Waals surface area (Å²) in [6.07, 6.45) is 11.8. The average molecular weight is 362 g/mol. The summed E-state index contributed by atoms with van der Waals surface area (Å²) < 4.78 is 19.8. The minimum Gasteiger partial charge on any atom is -0.411 e. The molecule has 0 unspecified atom stereocenters. The van der Waals surface area contributed by atoms with E-state index in [1.165, 1.54) is 12.8 Å². The Morgan fingerprint density at radius 2 is 1.40 bits per heavy atom. The third-order valence-electron chi connectivity index (χ3n) is 5.87. The Bertz CT molecular complexity index is 564. The van der Waals surface area contributed by atoms with Crippen LogP contribution in [0.5, 0.6) is 0 Å². The summed E-state index contributed by atoms with van der Waals surface area (Å²) in [5, 5.41) is 0. The Morgan fingerprint density at radius 3 is 1.92 bits per heavy atom. The maximum Gasteiger partial charge on any atom is 0.311 e. The van der Waals surface area contributed by atoms with Crippen molar-refractivity contribution in [1.82, 2.24) is 0 Å². The lowest BCUT2D eigenvalue weighted by molar-refractivity contribution is -0.134. The van der Waals surface area contributed by atoms with Crippen LogP contribution in [0.3, 0.4) is 0 Å². The molecule has 0 spiro atoms. The molecule has 0 amide bonds. The second-order valence-corrected chi connectivity index (χ2v) is 10.6. The highest BCUT2D eigenvalue weighted by molar-refractivity contribution is 7.61. The van der Waals surface area contributed by atoms with Gasteiger partial charge in [0.2, 0.25) is 0 Å². The van der Waals surface area contributed by atoms with Gasteiger partial charge in [-0.1, -0.05) is 68.9 Å². The van der Waals surface area contributed by atoms with Gasteiger partial charge in [0.05, 0.1) is 0 Å². The fourth-order valence-electron chi connectivity index (χ4n) is 4.42. The van der Waals surface area contributed by atoms with Gasteiger partial charge in [-0.3, -0.25) is 9.36 Å². The molecule has 2 fully saturated rings. The van der Waals surface area contributed by atoms with E-state index in [4.69, 9.17) is 4.52 Å². The number of carbonyl (C=O) groups is 1. The minimum atomic E-state index is -2.90. The molecule has 0 radical (unpaired) electrons. The molecule has 3 rings (SSSR count). The predicted octanol–water partition coefficient (Wildman–Crippen LogP) is 6.11. The van der Waals surface area contributed by atoms with Crippen LogP contribution < -0.4 is 0 Å². The van der Waals surface area contributed by atoms with Gasteiger partial charge in [0.25, 0.3) is 7.37 Å². The molecule has 4 heteroatoms. The fourth-order valence-corrected chi connectivity index (χ4v) is 7.90. The maximum atomic E-state index is 13.9. The van der Waals surface area contributed by atoms with Crippen molar-refractivity contribution >= 4 is 13.3 Å². The van der Waals surface area contributed by atoms with E-state index in [-0.39, 0.29) is 17.3 Å². The Kier molecular flexibility index (Phi) is 6.76. The quantitative estimate of drug-likeness (QED) is 0.574. The van der Waals surface area contributed by atoms with E-state index in [0.29, 0.717) is 12.8 Å². The number of hydrogen-bond acceptors (Lipinski definition) is 3. The number of rotatable bonds is 6. The third-order valence-corrected chi connectivity index (χ3v) is 9.43. The van der Waals surface area contributed by atoms with Crippen LogP contribution in [0, 0.1) is 0 Å². The molecule has 0 saturated heterocycles. The number of carbonyl (C=O) groups excluding carboxylic acids is 1. The van der Waals surface area contributed by atoms with E-state index >= 15 is 0 Å². The van der Waals surface area contributed by atoms with Gasteiger partial charge in [-0.05, 0) is 37.7 Å². The van der Waals surface area contributed by atoms with Crippen molar-refractivity contribution in [2.45, 2.75) is 88.4 Å². The van der Waals surface area contributed by atoms with E-state index in [9.17, 15) is 9.36 Å². The van der Waals surface area contributed by atoms with Gasteiger partial charge in [0, 0.05) is 17.7 Å². The van der Waals surface area contributed by atoms with E-state index < -0.39 is 7.37 Å². The smallest absolute Gasteiger partial charge is 0.311 e. The minimum absolute atomic E-state index is 0.116. The van der Waals surface area contributed by atoms with E-state index in [2.05, 4.69) is 0 Å². The summed E-state index contributed by atoms with van der Waals surface area (Å²) in [7, 11) is -2.90. The standard InChI is InChI=1S/C21H31O3P/c22-21(17-16-18-10-4-1-5-11-18)24-25(23,19-12-6-2-7-13-19)20-14-8-3-9-15-20/h1,4-5,10-11,19-20H,2-3,6-9,12-17H2. The third kappa shape index (κ3) is 4.97. The van der Waals surface area contributed by atoms with Gasteiger partial charge in [-0.2, -0.15) is 0 Å². The van der Waals surface area contributed by atoms with Crippen LogP contribution in [0.2, 0.25) is 0 Å². The Balaban J connectivity index is 1.65. The molecule has 0 heterocycles. The van der Waals surface area contributed by atoms with Crippen LogP contribution in [-0.2, 0) is 20.3 Å². The van der Waals surface area contributed by atoms with Gasteiger partial charge >= 0.3 is 5.97 Å². The molecule has 2 saturated carbocycles. The fraction of sp³-hybridized carbons (Fsp3) is 0.667. The van der Waals surface area contributed by atoms with E-state index in [1.54, 1.807) is 0 Å². The maximum absolute atomic E-state index is 13.9. The van der Waals surface area contributed by atoms with Crippen LogP contribution >= 0.6 is 7.37 Å². The number of hydrogen-bond donors (Lipinski definition) is 0. The lowest BCUT2D eigenvalue weighted by atomic mass is 10.00. The van der Waals surface area contributed by atoms with Gasteiger partial charge in [-0.25, -0.2) is 0 Å². The summed E-state index contributed by atoms with van der Waals surface area (Å²) in [5.41, 5.74) is 1.36. The van der Waals surface area contributed by atoms with Gasteiger partial charge in [0.1, 0.15) is 0 Å². The van der Waals surface area contributed by atoms with Crippen molar-refractivity contribution < 1.29 is 13.9 Å². The predicted molar refractivity (Wildman–Crippen MR) is 102 cm³/mol. The summed E-state index contributed by atoms with van der Waals surface area (Å²) >= 11 is 0. The molecule has 3 nitrogen and oxygen atoms in total. The molecule has 0 aliphatic heterocycles. The highest BCUT2D eigenvalue weighted by Crippen LogP contribution is 2.63. The highest BCUT2D eigenvalue weighted by Gasteiger charge is 2.44. The van der Waals surface area contributed by atoms with Crippen molar-refractivity contribution in [2.75, 3.05) is 0 Å². The zero-order chi connectivity index (χ0) is 17.5. The van der Waals surface area contributed by atoms with Crippen LogP contribution in [-0.4, -0.2) is 17.3 Å². The molecule has 1 aromatic rings. The summed E-state index contributed by atoms with van der Waals surface area (Å²) in [6.45, 7) is 0. The molecule has 2 aliphatic rings. The Labute approximate surface area is 152 Å². The Morgan fingerprint density at radius 1 is 0.880 bits per heavy atom. The van der Waals surface area contributed by atoms with Gasteiger partial charge in [-0.15, -0.1) is 0 Å². The molecule has 1 aromatic carbocycles. The van der Waals surface area contributed by atoms with Crippen LogP contribution in [0.1, 0.15) is 76.2 Å². The molecule has 25 heavy (non-hydrogen) atoms. The van der Waals surface area contributed by atoms with Gasteiger partial charge in [0.15, 0.2) is 0 Å². The average Bonchev–Trinajstić information content (AvgIpc) is 2.68. The van der Waals surface area contributed by atoms with Crippen molar-refractivity contribution in [2.24, 2.45) is 0 Å². The largest absolute Gasteiger partial charge is 0.411 e. The van der Waals surface area contributed by atoms with E-state index in [0.717, 1.165) is 56.9 Å². The number of aryl methyl sites for hydroxylation is 1.